The van der Waals surface area contributed by atoms with Crippen molar-refractivity contribution in [3.63, 3.8) is 0 Å². The second kappa shape index (κ2) is 17.2. The van der Waals surface area contributed by atoms with Gasteiger partial charge in [-0.05, 0) is 12.8 Å². The Morgan fingerprint density at radius 1 is 0.762 bits per heavy atom. The molecule has 21 heavy (non-hydrogen) atoms. The van der Waals surface area contributed by atoms with E-state index >= 15 is 0 Å². The lowest BCUT2D eigenvalue weighted by Gasteiger charge is -2.03. The largest absolute Gasteiger partial charge is 0.233 e. The molecule has 0 amide bonds. The zero-order valence-corrected chi connectivity index (χ0v) is 14.3. The van der Waals surface area contributed by atoms with Crippen molar-refractivity contribution >= 4 is 5.94 Å². The quantitative estimate of drug-likeness (QED) is 0.174. The maximum atomic E-state index is 10.5. The Balaban J connectivity index is 3.09. The Hall–Kier alpha value is -0.810. The molecule has 0 saturated heterocycles. The van der Waals surface area contributed by atoms with Crippen LogP contribution in [0.2, 0.25) is 0 Å². The molecular weight excluding hydrogens is 256 g/mol. The Morgan fingerprint density at radius 2 is 1.14 bits per heavy atom. The van der Waals surface area contributed by atoms with E-state index in [2.05, 4.69) is 13.5 Å². The van der Waals surface area contributed by atoms with Gasteiger partial charge in [0.15, 0.2) is 0 Å². The molecule has 0 radical (unpaired) electrons. The van der Waals surface area contributed by atoms with Gasteiger partial charge < -0.3 is 0 Å². The third-order valence-electron chi connectivity index (χ3n) is 4.18. The summed E-state index contributed by atoms with van der Waals surface area (Å²) in [6.45, 7) is 5.89. The van der Waals surface area contributed by atoms with Crippen LogP contribution in [0.15, 0.2) is 18.2 Å². The van der Waals surface area contributed by atoms with E-state index in [-0.39, 0.29) is 0 Å². The summed E-state index contributed by atoms with van der Waals surface area (Å²) >= 11 is 0. The van der Waals surface area contributed by atoms with Crippen LogP contribution in [0.1, 0.15) is 103 Å². The normalized spacial score (nSPS) is 10.3. The van der Waals surface area contributed by atoms with E-state index in [0.717, 1.165) is 18.4 Å². The zero-order chi connectivity index (χ0) is 15.6. The van der Waals surface area contributed by atoms with Crippen molar-refractivity contribution in [3.8, 4) is 0 Å². The van der Waals surface area contributed by atoms with Crippen LogP contribution in [0.4, 0.5) is 0 Å². The summed E-state index contributed by atoms with van der Waals surface area (Å²) in [5.41, 5.74) is 0.730. The molecule has 0 aromatic rings. The van der Waals surface area contributed by atoms with Crippen LogP contribution >= 0.6 is 0 Å². The van der Waals surface area contributed by atoms with Crippen molar-refractivity contribution in [3.05, 3.63) is 18.2 Å². The summed E-state index contributed by atoms with van der Waals surface area (Å²) in [6.07, 6.45) is 21.6. The third-order valence-corrected chi connectivity index (χ3v) is 4.18. The summed E-state index contributed by atoms with van der Waals surface area (Å²) in [5.74, 6) is 1.95. The first-order valence-electron chi connectivity index (χ1n) is 9.21. The molecule has 0 aliphatic rings. The molecule has 0 unspecified atom stereocenters. The van der Waals surface area contributed by atoms with E-state index in [4.69, 9.17) is 0 Å². The highest BCUT2D eigenvalue weighted by molar-refractivity contribution is 5.56. The number of allylic oxidation sites excluding steroid dienone is 2. The van der Waals surface area contributed by atoms with Crippen molar-refractivity contribution in [2.24, 2.45) is 0 Å². The maximum Gasteiger partial charge on any atom is 0.127 e. The summed E-state index contributed by atoms with van der Waals surface area (Å²) in [6, 6.07) is 0. The smallest absolute Gasteiger partial charge is 0.127 e. The van der Waals surface area contributed by atoms with Crippen molar-refractivity contribution in [1.82, 2.24) is 0 Å². The van der Waals surface area contributed by atoms with Gasteiger partial charge in [-0.3, -0.25) is 0 Å². The fourth-order valence-corrected chi connectivity index (χ4v) is 2.70. The molecule has 0 heterocycles. The minimum absolute atomic E-state index is 0.730. The first-order chi connectivity index (χ1) is 10.3. The Bertz CT molecular complexity index is 274. The van der Waals surface area contributed by atoms with Gasteiger partial charge in [-0.2, -0.15) is 0 Å². The van der Waals surface area contributed by atoms with Gasteiger partial charge in [-0.15, -0.1) is 0 Å². The van der Waals surface area contributed by atoms with Crippen LogP contribution in [0.25, 0.3) is 0 Å². The van der Waals surface area contributed by atoms with Gasteiger partial charge in [-0.1, -0.05) is 103 Å². The monoisotopic (exact) mass is 292 g/mol. The number of hydrogen-bond donors (Lipinski definition) is 0. The van der Waals surface area contributed by atoms with Gasteiger partial charge in [0.05, 0.1) is 0 Å². The first kappa shape index (κ1) is 20.2. The van der Waals surface area contributed by atoms with Crippen LogP contribution in [0.3, 0.4) is 0 Å². The molecule has 1 heteroatoms. The van der Waals surface area contributed by atoms with E-state index in [0.29, 0.717) is 0 Å². The van der Waals surface area contributed by atoms with Crippen LogP contribution in [-0.2, 0) is 4.79 Å². The lowest BCUT2D eigenvalue weighted by atomic mass is 10.0. The predicted octanol–water partition coefficient (Wildman–Crippen LogP) is 6.80. The molecule has 0 spiro atoms. The van der Waals surface area contributed by atoms with E-state index in [9.17, 15) is 4.79 Å². The van der Waals surface area contributed by atoms with E-state index in [1.165, 1.54) is 83.5 Å². The lowest BCUT2D eigenvalue weighted by Crippen LogP contribution is -1.84. The topological polar surface area (TPSA) is 17.1 Å². The molecule has 1 nitrogen and oxygen atoms in total. The SMILES string of the molecule is C=CC(=C=O)CCCCCCCCCCCCCCCC. The number of hydrogen-bond acceptors (Lipinski definition) is 1. The molecule has 0 aliphatic carbocycles. The van der Waals surface area contributed by atoms with Gasteiger partial charge in [0, 0.05) is 5.57 Å². The molecule has 0 saturated carbocycles. The van der Waals surface area contributed by atoms with Crippen molar-refractivity contribution in [2.45, 2.75) is 103 Å². The molecule has 0 aliphatic heterocycles. The Kier molecular flexibility index (Phi) is 16.6. The van der Waals surface area contributed by atoms with Gasteiger partial charge >= 0.3 is 0 Å². The summed E-state index contributed by atoms with van der Waals surface area (Å²) in [4.78, 5) is 10.5. The van der Waals surface area contributed by atoms with Crippen LogP contribution in [-0.4, -0.2) is 5.94 Å². The minimum atomic E-state index is 0.730. The standard InChI is InChI=1S/C20H36O/c1-3-5-6-7-8-9-10-11-12-13-14-15-16-17-18-20(4-2)19-21/h4H,2-3,5-18H2,1H3. The first-order valence-corrected chi connectivity index (χ1v) is 9.21. The van der Waals surface area contributed by atoms with E-state index < -0.39 is 0 Å². The van der Waals surface area contributed by atoms with Crippen LogP contribution in [0.5, 0.6) is 0 Å². The fraction of sp³-hybridized carbons (Fsp3) is 0.800. The van der Waals surface area contributed by atoms with Gasteiger partial charge in [-0.25, -0.2) is 4.79 Å². The highest BCUT2D eigenvalue weighted by Crippen LogP contribution is 2.14. The average Bonchev–Trinajstić information content (AvgIpc) is 2.51. The minimum Gasteiger partial charge on any atom is -0.233 e. The zero-order valence-electron chi connectivity index (χ0n) is 14.3. The molecule has 0 bridgehead atoms. The van der Waals surface area contributed by atoms with Gasteiger partial charge in [0.1, 0.15) is 5.94 Å². The van der Waals surface area contributed by atoms with E-state index in [1.807, 2.05) is 5.94 Å². The summed E-state index contributed by atoms with van der Waals surface area (Å²) in [7, 11) is 0. The molecule has 0 atom stereocenters. The Morgan fingerprint density at radius 3 is 1.48 bits per heavy atom. The molecular formula is C20H36O. The highest BCUT2D eigenvalue weighted by Gasteiger charge is 1.95. The highest BCUT2D eigenvalue weighted by atomic mass is 16.1. The van der Waals surface area contributed by atoms with Gasteiger partial charge in [0.25, 0.3) is 0 Å². The second-order valence-electron chi connectivity index (χ2n) is 6.18. The molecule has 0 fully saturated rings. The number of carbonyl (C=O) groups excluding carboxylic acids is 1. The summed E-state index contributed by atoms with van der Waals surface area (Å²) < 4.78 is 0. The van der Waals surface area contributed by atoms with E-state index in [1.54, 1.807) is 6.08 Å². The molecule has 0 rings (SSSR count). The molecule has 0 N–H and O–H groups in total. The van der Waals surface area contributed by atoms with Crippen molar-refractivity contribution in [2.75, 3.05) is 0 Å². The maximum absolute atomic E-state index is 10.5. The predicted molar refractivity (Wildman–Crippen MR) is 94.3 cm³/mol. The lowest BCUT2D eigenvalue weighted by molar-refractivity contribution is 0.535. The number of unbranched alkanes of at least 4 members (excludes halogenated alkanes) is 13. The van der Waals surface area contributed by atoms with Gasteiger partial charge in [0.2, 0.25) is 0 Å². The summed E-state index contributed by atoms with van der Waals surface area (Å²) in [5, 5.41) is 0. The average molecular weight is 293 g/mol. The molecule has 0 aromatic heterocycles. The molecule has 0 aromatic carbocycles. The third kappa shape index (κ3) is 15.4. The number of rotatable bonds is 16. The Labute approximate surface area is 132 Å². The van der Waals surface area contributed by atoms with Crippen LogP contribution < -0.4 is 0 Å². The second-order valence-corrected chi connectivity index (χ2v) is 6.18. The van der Waals surface area contributed by atoms with Crippen LogP contribution in [0, 0.1) is 0 Å². The van der Waals surface area contributed by atoms with Crippen molar-refractivity contribution in [1.29, 1.82) is 0 Å². The van der Waals surface area contributed by atoms with Crippen molar-refractivity contribution < 1.29 is 4.79 Å². The molecule has 122 valence electrons. The fourth-order valence-electron chi connectivity index (χ4n) is 2.70.